The predicted molar refractivity (Wildman–Crippen MR) is 268 cm³/mol. The van der Waals surface area contributed by atoms with Gasteiger partial charge in [-0.05, 0) is 105 Å². The summed E-state index contributed by atoms with van der Waals surface area (Å²) < 4.78 is 0. The number of nitrogens with zero attached hydrogens (tertiary/aromatic N) is 6. The van der Waals surface area contributed by atoms with Crippen molar-refractivity contribution in [3.8, 4) is 0 Å². The van der Waals surface area contributed by atoms with Gasteiger partial charge in [-0.1, -0.05) is 191 Å². The van der Waals surface area contributed by atoms with Crippen LogP contribution in [0.1, 0.15) is 152 Å². The minimum atomic E-state index is 0. The second kappa shape index (κ2) is 26.3. The number of pyridine rings is 3. The summed E-state index contributed by atoms with van der Waals surface area (Å²) in [4.78, 5) is 24.9. The number of hydrogen-bond acceptors (Lipinski definition) is 6. The molecular formula is C54H60N6S3W. The topological polar surface area (TPSA) is 51.8 Å². The summed E-state index contributed by atoms with van der Waals surface area (Å²) >= 11 is 4.75. The van der Waals surface area contributed by atoms with Crippen LogP contribution in [0.4, 0.5) is 17.1 Å². The van der Waals surface area contributed by atoms with Gasteiger partial charge in [0.25, 0.3) is 0 Å². The number of para-hydroxylation sites is 3. The van der Waals surface area contributed by atoms with Crippen molar-refractivity contribution in [2.24, 2.45) is 0 Å². The van der Waals surface area contributed by atoms with Crippen molar-refractivity contribution >= 4 is 52.3 Å². The molecule has 6 aromatic rings. The van der Waals surface area contributed by atoms with E-state index in [-0.39, 0.29) is 21.1 Å². The molecular weight excluding hydrogens is 1010 g/mol. The maximum absolute atomic E-state index is 7.24. The Morgan fingerprint density at radius 3 is 0.609 bits per heavy atom. The Labute approximate surface area is 411 Å². The smallest absolute Gasteiger partial charge is 0.194 e. The first-order valence-corrected chi connectivity index (χ1v) is 24.0. The first-order chi connectivity index (χ1) is 30.1. The van der Waals surface area contributed by atoms with Gasteiger partial charge in [0, 0.05) is 21.1 Å². The number of aromatic nitrogens is 3. The first kappa shape index (κ1) is 53.7. The second-order valence-corrected chi connectivity index (χ2v) is 20.0. The first-order valence-electron chi connectivity index (χ1n) is 21.5. The fourth-order valence-electron chi connectivity index (χ4n) is 6.77. The van der Waals surface area contributed by atoms with Gasteiger partial charge in [-0.15, -0.1) is 0 Å². The molecule has 0 amide bonds. The number of rotatable bonds is 6. The predicted octanol–water partition coefficient (Wildman–Crippen LogP) is 18.1. The molecule has 6 bridgehead atoms. The molecule has 0 saturated carbocycles. The van der Waals surface area contributed by atoms with E-state index in [2.05, 4.69) is 167 Å². The van der Waals surface area contributed by atoms with Crippen LogP contribution in [0.15, 0.2) is 139 Å². The van der Waals surface area contributed by atoms with Gasteiger partial charge in [-0.25, -0.2) is 29.5 Å². The molecule has 7 rings (SSSR count). The van der Waals surface area contributed by atoms with E-state index in [0.29, 0.717) is 35.5 Å². The Balaban J connectivity index is 0.000000231. The van der Waals surface area contributed by atoms with E-state index >= 15 is 0 Å². The summed E-state index contributed by atoms with van der Waals surface area (Å²) in [6, 6.07) is 36.6. The summed E-state index contributed by atoms with van der Waals surface area (Å²) in [5, 5.41) is 5.70. The van der Waals surface area contributed by atoms with Crippen LogP contribution < -0.4 is 0 Å². The molecule has 1 aliphatic heterocycles. The van der Waals surface area contributed by atoms with Crippen LogP contribution in [0.5, 0.6) is 0 Å². The van der Waals surface area contributed by atoms with Gasteiger partial charge in [0.1, 0.15) is 30.2 Å². The third-order valence-corrected chi connectivity index (χ3v) is 12.7. The van der Waals surface area contributed by atoms with Crippen LogP contribution in [0.25, 0.3) is 14.5 Å². The standard InChI is InChI=1S/C15H9N3S3.3C13H17N.W/c1-4-10-16-11(5-1)20-13-7-3-9-15(18-13)21-14-8-2-6-12(17-14)19-10;3*1-9(2)11-7-6-8-12(10(3)4)13(11)14-5;/h1-9H;3*6-10H,1-4H3;. The molecule has 6 nitrogen and oxygen atoms in total. The van der Waals surface area contributed by atoms with Crippen molar-refractivity contribution in [2.45, 2.75) is 149 Å². The molecule has 0 spiro atoms. The van der Waals surface area contributed by atoms with Crippen molar-refractivity contribution in [3.63, 3.8) is 0 Å². The van der Waals surface area contributed by atoms with E-state index < -0.39 is 0 Å². The maximum atomic E-state index is 7.24. The summed E-state index contributed by atoms with van der Waals surface area (Å²) in [6.07, 6.45) is 0. The Morgan fingerprint density at radius 2 is 0.469 bits per heavy atom. The van der Waals surface area contributed by atoms with Gasteiger partial charge >= 0.3 is 0 Å². The zero-order valence-corrected chi connectivity index (χ0v) is 44.6. The molecule has 0 fully saturated rings. The van der Waals surface area contributed by atoms with Gasteiger partial charge in [0.05, 0.1) is 19.7 Å². The van der Waals surface area contributed by atoms with E-state index in [1.54, 1.807) is 35.3 Å². The Bertz CT molecular complexity index is 2170. The average Bonchev–Trinajstić information content (AvgIpc) is 3.26. The summed E-state index contributed by atoms with van der Waals surface area (Å²) in [5.41, 5.74) is 9.61. The van der Waals surface area contributed by atoms with E-state index in [1.165, 1.54) is 33.4 Å². The fraction of sp³-hybridized carbons (Fsp3) is 0.333. The molecule has 3 aromatic heterocycles. The van der Waals surface area contributed by atoms with Crippen LogP contribution in [-0.2, 0) is 21.1 Å². The summed E-state index contributed by atoms with van der Waals surface area (Å²) in [6.45, 7) is 47.3. The second-order valence-electron chi connectivity index (χ2n) is 16.9. The Hall–Kier alpha value is -4.68. The molecule has 0 radical (unpaired) electrons. The van der Waals surface area contributed by atoms with Crippen LogP contribution in [-0.4, -0.2) is 15.0 Å². The van der Waals surface area contributed by atoms with Crippen LogP contribution >= 0.6 is 35.3 Å². The Morgan fingerprint density at radius 1 is 0.312 bits per heavy atom. The number of benzene rings is 3. The van der Waals surface area contributed by atoms with Gasteiger partial charge in [0.2, 0.25) is 0 Å². The summed E-state index contributed by atoms with van der Waals surface area (Å²) in [5.74, 6) is 2.57. The third kappa shape index (κ3) is 15.2. The molecule has 1 aliphatic rings. The largest absolute Gasteiger partial charge is 0.238 e. The molecule has 3 aromatic carbocycles. The molecule has 4 heterocycles. The molecule has 0 unspecified atom stereocenters. The number of fused-ring (bicyclic) bond motifs is 6. The van der Waals surface area contributed by atoms with Crippen LogP contribution in [0.2, 0.25) is 0 Å². The minimum Gasteiger partial charge on any atom is -0.238 e. The minimum absolute atomic E-state index is 0. The third-order valence-electron chi connectivity index (χ3n) is 10.1. The molecule has 330 valence electrons. The zero-order chi connectivity index (χ0) is 46.2. The van der Waals surface area contributed by atoms with Gasteiger partial charge in [0.15, 0.2) is 17.1 Å². The zero-order valence-electron chi connectivity index (χ0n) is 39.2. The molecule has 10 heteroatoms. The molecule has 0 aliphatic carbocycles. The molecule has 0 N–H and O–H groups in total. The molecule has 0 saturated heterocycles. The van der Waals surface area contributed by atoms with Gasteiger partial charge < -0.3 is 0 Å². The van der Waals surface area contributed by atoms with E-state index in [9.17, 15) is 0 Å². The SMILES string of the molecule is [C-]#[N+]c1c(C(C)C)cccc1C(C)C.[C-]#[N+]c1c(C(C)C)cccc1C(C)C.[C-]#[N+]c1c(C(C)C)cccc1C(C)C.[W].c1cc2nc(c1)Sc1cccc(n1)Sc1cccc(n1)S2. The quantitative estimate of drug-likeness (QED) is 0.155. The van der Waals surface area contributed by atoms with E-state index in [1.807, 2.05) is 54.6 Å². The normalized spacial score (nSPS) is 11.3. The van der Waals surface area contributed by atoms with E-state index in [4.69, 9.17) is 19.7 Å². The van der Waals surface area contributed by atoms with Crippen molar-refractivity contribution in [2.75, 3.05) is 0 Å². The Kier molecular flexibility index (Phi) is 22.1. The van der Waals surface area contributed by atoms with Crippen molar-refractivity contribution in [3.05, 3.63) is 177 Å². The van der Waals surface area contributed by atoms with Gasteiger partial charge in [-0.3, -0.25) is 0 Å². The maximum Gasteiger partial charge on any atom is 0.194 e. The van der Waals surface area contributed by atoms with Crippen LogP contribution in [0, 0.1) is 19.7 Å². The molecule has 64 heavy (non-hydrogen) atoms. The monoisotopic (exact) mass is 1070 g/mol. The molecule has 0 atom stereocenters. The van der Waals surface area contributed by atoms with Crippen molar-refractivity contribution in [1.82, 2.24) is 15.0 Å². The van der Waals surface area contributed by atoms with E-state index in [0.717, 1.165) is 47.2 Å². The van der Waals surface area contributed by atoms with Crippen LogP contribution in [0.3, 0.4) is 0 Å². The number of hydrogen-bond donors (Lipinski definition) is 0. The van der Waals surface area contributed by atoms with Gasteiger partial charge in [-0.2, -0.15) is 0 Å². The summed E-state index contributed by atoms with van der Waals surface area (Å²) in [7, 11) is 0. The average molecular weight is 1070 g/mol. The van der Waals surface area contributed by atoms with Crippen molar-refractivity contribution in [1.29, 1.82) is 0 Å². The van der Waals surface area contributed by atoms with Crippen molar-refractivity contribution < 1.29 is 21.1 Å². The fourth-order valence-corrected chi connectivity index (χ4v) is 9.33.